The number of amides is 2. The number of aromatic nitrogens is 2. The summed E-state index contributed by atoms with van der Waals surface area (Å²) in [6, 6.07) is 4.91. The van der Waals surface area contributed by atoms with Crippen LogP contribution in [0.4, 0.5) is 10.5 Å². The second kappa shape index (κ2) is 9.69. The van der Waals surface area contributed by atoms with Gasteiger partial charge in [-0.25, -0.2) is 9.52 Å². The van der Waals surface area contributed by atoms with Crippen molar-refractivity contribution in [2.45, 2.75) is 57.9 Å². The molecule has 0 spiro atoms. The molecule has 2 aromatic rings. The minimum atomic E-state index is -4.21. The van der Waals surface area contributed by atoms with Gasteiger partial charge in [0.1, 0.15) is 0 Å². The molecule has 0 saturated carbocycles. The van der Waals surface area contributed by atoms with E-state index in [-0.39, 0.29) is 22.7 Å². The number of rotatable bonds is 8. The number of hydrogen-bond donors (Lipinski definition) is 2. The Morgan fingerprint density at radius 2 is 1.72 bits per heavy atom. The maximum atomic E-state index is 12.6. The monoisotopic (exact) mass is 420 g/mol. The predicted octanol–water partition coefficient (Wildman–Crippen LogP) is 4.02. The van der Waals surface area contributed by atoms with Crippen molar-refractivity contribution in [3.05, 3.63) is 41.7 Å². The quantitative estimate of drug-likeness (QED) is 0.667. The van der Waals surface area contributed by atoms with Crippen LogP contribution in [-0.4, -0.2) is 31.0 Å². The highest BCUT2D eigenvalue weighted by molar-refractivity contribution is 7.90. The third kappa shape index (κ3) is 5.90. The van der Waals surface area contributed by atoms with Crippen LogP contribution < -0.4 is 14.8 Å². The van der Waals surface area contributed by atoms with Crippen LogP contribution in [-0.2, 0) is 10.0 Å². The summed E-state index contributed by atoms with van der Waals surface area (Å²) in [6.07, 6.45) is 3.13. The normalized spacial score (nSPS) is 11.6. The predicted molar refractivity (Wildman–Crippen MR) is 112 cm³/mol. The molecule has 2 rings (SSSR count). The van der Waals surface area contributed by atoms with Gasteiger partial charge in [-0.15, -0.1) is 0 Å². The summed E-state index contributed by atoms with van der Waals surface area (Å²) in [6.45, 7) is 10.3. The number of nitrogens with zero attached hydrogens (tertiary/aromatic N) is 2. The lowest BCUT2D eigenvalue weighted by Crippen LogP contribution is -2.35. The van der Waals surface area contributed by atoms with E-state index in [1.165, 1.54) is 6.20 Å². The van der Waals surface area contributed by atoms with Crippen LogP contribution in [0.3, 0.4) is 0 Å². The van der Waals surface area contributed by atoms with E-state index in [0.717, 1.165) is 23.7 Å². The molecule has 0 saturated heterocycles. The minimum Gasteiger partial charge on any atom is -0.477 e. The molecule has 2 N–H and O–H groups in total. The highest BCUT2D eigenvalue weighted by atomic mass is 32.2. The lowest BCUT2D eigenvalue weighted by molar-refractivity contribution is 0.256. The van der Waals surface area contributed by atoms with Gasteiger partial charge in [0.15, 0.2) is 5.03 Å². The second-order valence-electron chi connectivity index (χ2n) is 7.22. The molecule has 29 heavy (non-hydrogen) atoms. The van der Waals surface area contributed by atoms with Gasteiger partial charge in [0.2, 0.25) is 5.88 Å². The molecule has 0 aliphatic rings. The smallest absolute Gasteiger partial charge is 0.333 e. The number of anilines is 1. The molecule has 0 atom stereocenters. The van der Waals surface area contributed by atoms with Crippen LogP contribution in [0.1, 0.15) is 64.0 Å². The standard InChI is InChI=1S/C20H28N4O4S/c1-6-10-28-17-11-21-12-18(22-17)29(26,27)24-20(25)23-19-15(13(2)3)8-7-9-16(19)14(4)5/h7-9,11-14H,6,10H2,1-5H3,(H2,23,24,25). The molecular weight excluding hydrogens is 392 g/mol. The molecular formula is C20H28N4O4S. The Labute approximate surface area is 172 Å². The lowest BCUT2D eigenvalue weighted by atomic mass is 9.93. The molecule has 2 amide bonds. The summed E-state index contributed by atoms with van der Waals surface area (Å²) in [5.41, 5.74) is 2.48. The number of carbonyl (C=O) groups is 1. The van der Waals surface area contributed by atoms with E-state index in [1.807, 2.05) is 57.5 Å². The average Bonchev–Trinajstić information content (AvgIpc) is 2.65. The van der Waals surface area contributed by atoms with Gasteiger partial charge < -0.3 is 10.1 Å². The van der Waals surface area contributed by atoms with E-state index in [9.17, 15) is 13.2 Å². The zero-order valence-electron chi connectivity index (χ0n) is 17.4. The van der Waals surface area contributed by atoms with E-state index in [0.29, 0.717) is 12.3 Å². The Bertz CT molecular complexity index is 932. The van der Waals surface area contributed by atoms with E-state index in [4.69, 9.17) is 4.74 Å². The van der Waals surface area contributed by atoms with Gasteiger partial charge >= 0.3 is 6.03 Å². The SMILES string of the molecule is CCCOc1cncc(S(=O)(=O)NC(=O)Nc2c(C(C)C)cccc2C(C)C)n1. The second-order valence-corrected chi connectivity index (χ2v) is 8.85. The number of carbonyl (C=O) groups excluding carboxylic acids is 1. The molecule has 0 unspecified atom stereocenters. The Morgan fingerprint density at radius 3 is 2.28 bits per heavy atom. The highest BCUT2D eigenvalue weighted by Gasteiger charge is 2.22. The molecule has 1 aromatic heterocycles. The third-order valence-electron chi connectivity index (χ3n) is 4.16. The zero-order chi connectivity index (χ0) is 21.6. The van der Waals surface area contributed by atoms with Crippen LogP contribution in [0, 0.1) is 0 Å². The van der Waals surface area contributed by atoms with E-state index >= 15 is 0 Å². The third-order valence-corrected chi connectivity index (χ3v) is 5.36. The first-order valence-electron chi connectivity index (χ1n) is 9.57. The Balaban J connectivity index is 2.25. The van der Waals surface area contributed by atoms with Crippen LogP contribution in [0.25, 0.3) is 0 Å². The van der Waals surface area contributed by atoms with Gasteiger partial charge in [0.25, 0.3) is 10.0 Å². The van der Waals surface area contributed by atoms with Gasteiger partial charge in [0, 0.05) is 5.69 Å². The molecule has 1 aromatic carbocycles. The maximum absolute atomic E-state index is 12.6. The Hall–Kier alpha value is -2.68. The van der Waals surface area contributed by atoms with Crippen LogP contribution in [0.5, 0.6) is 5.88 Å². The average molecular weight is 421 g/mol. The minimum absolute atomic E-state index is 0.0855. The van der Waals surface area contributed by atoms with Crippen molar-refractivity contribution >= 4 is 21.7 Å². The van der Waals surface area contributed by atoms with Crippen molar-refractivity contribution in [3.8, 4) is 5.88 Å². The first-order chi connectivity index (χ1) is 13.7. The molecule has 1 heterocycles. The molecule has 0 bridgehead atoms. The van der Waals surface area contributed by atoms with Crippen LogP contribution in [0.15, 0.2) is 35.6 Å². The van der Waals surface area contributed by atoms with Crippen molar-refractivity contribution < 1.29 is 17.9 Å². The first-order valence-corrected chi connectivity index (χ1v) is 11.1. The molecule has 0 aliphatic heterocycles. The van der Waals surface area contributed by atoms with Crippen molar-refractivity contribution in [1.29, 1.82) is 0 Å². The number of urea groups is 1. The van der Waals surface area contributed by atoms with Gasteiger partial charge in [0.05, 0.1) is 19.0 Å². The van der Waals surface area contributed by atoms with E-state index in [2.05, 4.69) is 15.3 Å². The summed E-state index contributed by atoms with van der Waals surface area (Å²) in [5.74, 6) is 0.389. The van der Waals surface area contributed by atoms with Crippen molar-refractivity contribution in [2.24, 2.45) is 0 Å². The number of ether oxygens (including phenoxy) is 1. The van der Waals surface area contributed by atoms with Gasteiger partial charge in [-0.3, -0.25) is 4.98 Å². The fourth-order valence-electron chi connectivity index (χ4n) is 2.75. The van der Waals surface area contributed by atoms with Gasteiger partial charge in [-0.1, -0.05) is 52.8 Å². The van der Waals surface area contributed by atoms with Gasteiger partial charge in [-0.2, -0.15) is 13.4 Å². The Morgan fingerprint density at radius 1 is 1.10 bits per heavy atom. The number of nitrogens with one attached hydrogen (secondary N) is 2. The summed E-state index contributed by atoms with van der Waals surface area (Å²) in [7, 11) is -4.21. The Kier molecular flexibility index (Phi) is 7.55. The first kappa shape index (κ1) is 22.6. The summed E-state index contributed by atoms with van der Waals surface area (Å²) >= 11 is 0. The zero-order valence-corrected chi connectivity index (χ0v) is 18.2. The molecule has 0 fully saturated rings. The van der Waals surface area contributed by atoms with E-state index in [1.54, 1.807) is 0 Å². The molecule has 158 valence electrons. The van der Waals surface area contributed by atoms with Gasteiger partial charge in [-0.05, 0) is 29.4 Å². The largest absolute Gasteiger partial charge is 0.477 e. The number of para-hydroxylation sites is 1. The fourth-order valence-corrected chi connectivity index (χ4v) is 3.55. The van der Waals surface area contributed by atoms with Crippen molar-refractivity contribution in [3.63, 3.8) is 0 Å². The van der Waals surface area contributed by atoms with Crippen LogP contribution >= 0.6 is 0 Å². The summed E-state index contributed by atoms with van der Waals surface area (Å²) in [4.78, 5) is 20.3. The molecule has 0 radical (unpaired) electrons. The van der Waals surface area contributed by atoms with E-state index < -0.39 is 16.1 Å². The molecule has 8 nitrogen and oxygen atoms in total. The lowest BCUT2D eigenvalue weighted by Gasteiger charge is -2.20. The highest BCUT2D eigenvalue weighted by Crippen LogP contribution is 2.32. The van der Waals surface area contributed by atoms with Crippen LogP contribution in [0.2, 0.25) is 0 Å². The van der Waals surface area contributed by atoms with Crippen molar-refractivity contribution in [1.82, 2.24) is 14.7 Å². The number of sulfonamides is 1. The summed E-state index contributed by atoms with van der Waals surface area (Å²) < 4.78 is 32.4. The fraction of sp³-hybridized carbons (Fsp3) is 0.450. The number of hydrogen-bond acceptors (Lipinski definition) is 6. The number of benzene rings is 1. The topological polar surface area (TPSA) is 110 Å². The van der Waals surface area contributed by atoms with Crippen molar-refractivity contribution in [2.75, 3.05) is 11.9 Å². The maximum Gasteiger partial charge on any atom is 0.333 e. The molecule has 9 heteroatoms. The molecule has 0 aliphatic carbocycles. The summed E-state index contributed by atoms with van der Waals surface area (Å²) in [5, 5.41) is 2.32.